The van der Waals surface area contributed by atoms with Gasteiger partial charge in [-0.1, -0.05) is 46.5 Å². The SMILES string of the molecule is CCC(CC)CCC(C)CCC(C(CCC(N)=O)C(=O)O)[P+](=O)O. The van der Waals surface area contributed by atoms with E-state index >= 15 is 0 Å². The van der Waals surface area contributed by atoms with Crippen LogP contribution in [0.15, 0.2) is 0 Å². The molecule has 0 bridgehead atoms. The fourth-order valence-electron chi connectivity index (χ4n) is 3.06. The number of nitrogens with two attached hydrogens (primary N) is 1. The quantitative estimate of drug-likeness (QED) is 0.407. The fraction of sp³-hybridized carbons (Fsp3) is 0.882. The zero-order valence-electron chi connectivity index (χ0n) is 15.1. The van der Waals surface area contributed by atoms with Crippen LogP contribution in [0.1, 0.15) is 72.1 Å². The van der Waals surface area contributed by atoms with E-state index < -0.39 is 31.5 Å². The van der Waals surface area contributed by atoms with Crippen LogP contribution in [-0.4, -0.2) is 27.5 Å². The van der Waals surface area contributed by atoms with Crippen LogP contribution in [-0.2, 0) is 14.2 Å². The molecule has 0 aromatic heterocycles. The maximum atomic E-state index is 11.6. The molecule has 0 aliphatic rings. The van der Waals surface area contributed by atoms with Crippen molar-refractivity contribution >= 4 is 19.9 Å². The van der Waals surface area contributed by atoms with E-state index in [0.717, 1.165) is 25.7 Å². The zero-order chi connectivity index (χ0) is 18.7. The van der Waals surface area contributed by atoms with Crippen LogP contribution in [0.3, 0.4) is 0 Å². The minimum Gasteiger partial charge on any atom is -0.481 e. The lowest BCUT2D eigenvalue weighted by Crippen LogP contribution is -2.28. The molecule has 0 saturated carbocycles. The minimum absolute atomic E-state index is 0.0130. The lowest BCUT2D eigenvalue weighted by molar-refractivity contribution is -0.142. The molecule has 0 saturated heterocycles. The summed E-state index contributed by atoms with van der Waals surface area (Å²) in [4.78, 5) is 31.8. The predicted octanol–water partition coefficient (Wildman–Crippen LogP) is 3.69. The summed E-state index contributed by atoms with van der Waals surface area (Å²) in [7, 11) is -2.61. The monoisotopic (exact) mass is 362 g/mol. The van der Waals surface area contributed by atoms with Crippen molar-refractivity contribution in [1.82, 2.24) is 0 Å². The first kappa shape index (κ1) is 23.0. The van der Waals surface area contributed by atoms with Gasteiger partial charge in [-0.15, -0.1) is 0 Å². The topological polar surface area (TPSA) is 118 Å². The van der Waals surface area contributed by atoms with Gasteiger partial charge in [0.1, 0.15) is 5.92 Å². The van der Waals surface area contributed by atoms with Gasteiger partial charge in [-0.25, -0.2) is 0 Å². The molecule has 0 aromatic carbocycles. The highest BCUT2D eigenvalue weighted by atomic mass is 31.1. The van der Waals surface area contributed by atoms with Crippen LogP contribution >= 0.6 is 8.03 Å². The van der Waals surface area contributed by atoms with Gasteiger partial charge in [0.05, 0.1) is 0 Å². The summed E-state index contributed by atoms with van der Waals surface area (Å²) in [6.07, 6.45) is 5.51. The van der Waals surface area contributed by atoms with Crippen molar-refractivity contribution in [3.8, 4) is 0 Å². The third-order valence-electron chi connectivity index (χ3n) is 4.94. The maximum absolute atomic E-state index is 11.6. The summed E-state index contributed by atoms with van der Waals surface area (Å²) < 4.78 is 11.6. The molecule has 24 heavy (non-hydrogen) atoms. The number of amides is 1. The molecule has 4 unspecified atom stereocenters. The van der Waals surface area contributed by atoms with E-state index in [1.165, 1.54) is 0 Å². The van der Waals surface area contributed by atoms with Gasteiger partial charge in [-0.2, -0.15) is 4.89 Å². The zero-order valence-corrected chi connectivity index (χ0v) is 16.0. The van der Waals surface area contributed by atoms with Crippen LogP contribution in [0.4, 0.5) is 0 Å². The molecule has 1 amide bonds. The van der Waals surface area contributed by atoms with Gasteiger partial charge in [-0.3, -0.25) is 9.59 Å². The van der Waals surface area contributed by atoms with E-state index in [1.54, 1.807) is 0 Å². The largest absolute Gasteiger partial charge is 0.509 e. The van der Waals surface area contributed by atoms with Gasteiger partial charge in [0.2, 0.25) is 11.6 Å². The molecule has 140 valence electrons. The molecular weight excluding hydrogens is 329 g/mol. The number of hydrogen-bond donors (Lipinski definition) is 3. The lowest BCUT2D eigenvalue weighted by atomic mass is 9.88. The van der Waals surface area contributed by atoms with Gasteiger partial charge >= 0.3 is 14.0 Å². The van der Waals surface area contributed by atoms with Crippen LogP contribution in [0.2, 0.25) is 0 Å². The summed E-state index contributed by atoms with van der Waals surface area (Å²) in [5.41, 5.74) is 4.24. The Labute approximate surface area is 146 Å². The number of carbonyl (C=O) groups excluding carboxylic acids is 1. The van der Waals surface area contributed by atoms with Crippen LogP contribution in [0.5, 0.6) is 0 Å². The molecule has 4 atom stereocenters. The van der Waals surface area contributed by atoms with Gasteiger partial charge in [-0.05, 0) is 35.7 Å². The molecule has 0 aliphatic heterocycles. The molecule has 7 heteroatoms. The van der Waals surface area contributed by atoms with E-state index in [9.17, 15) is 24.2 Å². The highest BCUT2D eigenvalue weighted by Gasteiger charge is 2.41. The molecular formula is C17H33NO5P+. The first-order valence-electron chi connectivity index (χ1n) is 8.89. The summed E-state index contributed by atoms with van der Waals surface area (Å²) in [6, 6.07) is 0. The van der Waals surface area contributed by atoms with Crippen molar-refractivity contribution in [3.05, 3.63) is 0 Å². The van der Waals surface area contributed by atoms with E-state index in [4.69, 9.17) is 5.73 Å². The number of primary amides is 1. The molecule has 0 aromatic rings. The van der Waals surface area contributed by atoms with Crippen molar-refractivity contribution in [2.45, 2.75) is 77.8 Å². The molecule has 0 fully saturated rings. The number of hydrogen-bond acceptors (Lipinski definition) is 3. The molecule has 0 aliphatic carbocycles. The highest BCUT2D eigenvalue weighted by molar-refractivity contribution is 7.39. The molecule has 0 rings (SSSR count). The van der Waals surface area contributed by atoms with Gasteiger partial charge < -0.3 is 10.8 Å². The number of carbonyl (C=O) groups is 2. The van der Waals surface area contributed by atoms with E-state index in [1.807, 2.05) is 0 Å². The Kier molecular flexibility index (Phi) is 11.9. The van der Waals surface area contributed by atoms with Crippen LogP contribution in [0, 0.1) is 17.8 Å². The maximum Gasteiger partial charge on any atom is 0.509 e. The molecule has 0 heterocycles. The highest BCUT2D eigenvalue weighted by Crippen LogP contribution is 2.36. The summed E-state index contributed by atoms with van der Waals surface area (Å²) in [5.74, 6) is -1.64. The second-order valence-corrected chi connectivity index (χ2v) is 8.03. The first-order chi connectivity index (χ1) is 11.2. The smallest absolute Gasteiger partial charge is 0.481 e. The van der Waals surface area contributed by atoms with Gasteiger partial charge in [0.15, 0.2) is 0 Å². The predicted molar refractivity (Wildman–Crippen MR) is 94.9 cm³/mol. The first-order valence-corrected chi connectivity index (χ1v) is 10.2. The Balaban J connectivity index is 4.61. The van der Waals surface area contributed by atoms with Gasteiger partial charge in [0.25, 0.3) is 0 Å². The number of carboxylic acids is 1. The number of carboxylic acid groups (broad SMARTS) is 1. The summed E-state index contributed by atoms with van der Waals surface area (Å²) >= 11 is 0. The second-order valence-electron chi connectivity index (χ2n) is 6.76. The number of rotatable bonds is 14. The van der Waals surface area contributed by atoms with E-state index in [0.29, 0.717) is 24.7 Å². The Hall–Kier alpha value is -1.00. The normalized spacial score (nSPS) is 15.8. The lowest BCUT2D eigenvalue weighted by Gasteiger charge is -2.18. The Bertz CT molecular complexity index is 412. The Morgan fingerprint density at radius 3 is 2.00 bits per heavy atom. The number of aliphatic carboxylic acids is 1. The van der Waals surface area contributed by atoms with Crippen molar-refractivity contribution in [1.29, 1.82) is 0 Å². The summed E-state index contributed by atoms with van der Waals surface area (Å²) in [5, 5.41) is 9.32. The van der Waals surface area contributed by atoms with Crippen molar-refractivity contribution in [2.24, 2.45) is 23.5 Å². The van der Waals surface area contributed by atoms with Crippen LogP contribution in [0.25, 0.3) is 0 Å². The van der Waals surface area contributed by atoms with Gasteiger partial charge in [0, 0.05) is 6.42 Å². The van der Waals surface area contributed by atoms with Crippen molar-refractivity contribution < 1.29 is 24.2 Å². The Morgan fingerprint density at radius 2 is 1.58 bits per heavy atom. The third kappa shape index (κ3) is 9.33. The molecule has 0 spiro atoms. The molecule has 6 nitrogen and oxygen atoms in total. The van der Waals surface area contributed by atoms with Crippen molar-refractivity contribution in [2.75, 3.05) is 0 Å². The minimum atomic E-state index is -2.61. The second kappa shape index (κ2) is 12.4. The van der Waals surface area contributed by atoms with Crippen molar-refractivity contribution in [3.63, 3.8) is 0 Å². The molecule has 0 radical (unpaired) electrons. The van der Waals surface area contributed by atoms with E-state index in [-0.39, 0.29) is 12.8 Å². The fourth-order valence-corrected chi connectivity index (χ4v) is 4.01. The molecule has 4 N–H and O–H groups in total. The third-order valence-corrected chi connectivity index (χ3v) is 6.13. The average molecular weight is 362 g/mol. The van der Waals surface area contributed by atoms with Crippen LogP contribution < -0.4 is 5.73 Å². The summed E-state index contributed by atoms with van der Waals surface area (Å²) in [6.45, 7) is 6.46. The average Bonchev–Trinajstić information content (AvgIpc) is 2.50. The Morgan fingerprint density at radius 1 is 1.04 bits per heavy atom. The standard InChI is InChI=1S/C17H32NO5P/c1-4-13(5-2)8-6-12(3)7-10-15(24(22)23)14(17(20)21)9-11-16(18)19/h12-15H,4-11H2,1-3H3,(H3-,18,19,20,21,22,23)/p+1. The van der Waals surface area contributed by atoms with E-state index in [2.05, 4.69) is 20.8 Å².